The lowest BCUT2D eigenvalue weighted by Crippen LogP contribution is -2.37. The maximum atomic E-state index is 12.2. The smallest absolute Gasteiger partial charge is 0.242 e. The van der Waals surface area contributed by atoms with Gasteiger partial charge in [-0.05, 0) is 44.1 Å². The molecule has 2 heterocycles. The fraction of sp³-hybridized carbons (Fsp3) is 0.667. The number of aryl methyl sites for hydroxylation is 1. The second-order valence-corrected chi connectivity index (χ2v) is 5.76. The summed E-state index contributed by atoms with van der Waals surface area (Å²) < 4.78 is 1.95. The molecule has 1 saturated heterocycles. The average molecular weight is 262 g/mol. The molecule has 0 saturated carbocycles. The Bertz CT molecular complexity index is 461. The SMILES string of the molecule is O=C(Cn1cc2c(c1)C(O)CCC2)N1CCCCC1. The highest BCUT2D eigenvalue weighted by molar-refractivity contribution is 5.76. The molecule has 0 spiro atoms. The molecule has 1 amide bonds. The first-order valence-electron chi connectivity index (χ1n) is 7.38. The minimum Gasteiger partial charge on any atom is -0.388 e. The second-order valence-electron chi connectivity index (χ2n) is 5.76. The van der Waals surface area contributed by atoms with Gasteiger partial charge in [0.25, 0.3) is 0 Å². The van der Waals surface area contributed by atoms with Gasteiger partial charge in [0, 0.05) is 31.0 Å². The molecule has 1 N–H and O–H groups in total. The van der Waals surface area contributed by atoms with E-state index < -0.39 is 0 Å². The number of rotatable bonds is 2. The summed E-state index contributed by atoms with van der Waals surface area (Å²) in [5.41, 5.74) is 2.24. The number of carbonyl (C=O) groups excluding carboxylic acids is 1. The van der Waals surface area contributed by atoms with Crippen molar-refractivity contribution in [1.29, 1.82) is 0 Å². The lowest BCUT2D eigenvalue weighted by atomic mass is 9.93. The van der Waals surface area contributed by atoms with Crippen molar-refractivity contribution < 1.29 is 9.90 Å². The Morgan fingerprint density at radius 2 is 2.00 bits per heavy atom. The molecule has 2 aliphatic rings. The first-order chi connectivity index (χ1) is 9.24. The van der Waals surface area contributed by atoms with Crippen molar-refractivity contribution in [3.05, 3.63) is 23.5 Å². The molecule has 3 rings (SSSR count). The molecule has 0 radical (unpaired) electrons. The molecule has 0 aromatic carbocycles. The fourth-order valence-corrected chi connectivity index (χ4v) is 3.21. The van der Waals surface area contributed by atoms with Gasteiger partial charge in [-0.2, -0.15) is 0 Å². The van der Waals surface area contributed by atoms with Gasteiger partial charge in [-0.25, -0.2) is 0 Å². The second kappa shape index (κ2) is 5.37. The predicted molar refractivity (Wildman–Crippen MR) is 72.8 cm³/mol. The van der Waals surface area contributed by atoms with Gasteiger partial charge in [-0.3, -0.25) is 4.79 Å². The topological polar surface area (TPSA) is 45.5 Å². The van der Waals surface area contributed by atoms with Crippen molar-refractivity contribution in [2.75, 3.05) is 13.1 Å². The van der Waals surface area contributed by atoms with Crippen LogP contribution in [0.25, 0.3) is 0 Å². The number of aromatic nitrogens is 1. The van der Waals surface area contributed by atoms with Crippen LogP contribution in [0.2, 0.25) is 0 Å². The Morgan fingerprint density at radius 1 is 1.21 bits per heavy atom. The number of fused-ring (bicyclic) bond motifs is 1. The van der Waals surface area contributed by atoms with E-state index in [9.17, 15) is 9.90 Å². The van der Waals surface area contributed by atoms with Crippen LogP contribution in [-0.4, -0.2) is 33.6 Å². The Hall–Kier alpha value is -1.29. The van der Waals surface area contributed by atoms with Gasteiger partial charge in [0.05, 0.1) is 6.10 Å². The van der Waals surface area contributed by atoms with Crippen molar-refractivity contribution in [2.24, 2.45) is 0 Å². The van der Waals surface area contributed by atoms with Crippen molar-refractivity contribution in [3.63, 3.8) is 0 Å². The minimum atomic E-state index is -0.338. The van der Waals surface area contributed by atoms with E-state index in [0.29, 0.717) is 6.54 Å². The molecule has 1 fully saturated rings. The molecule has 4 nitrogen and oxygen atoms in total. The van der Waals surface area contributed by atoms with Crippen LogP contribution >= 0.6 is 0 Å². The molecule has 0 bridgehead atoms. The van der Waals surface area contributed by atoms with Crippen LogP contribution in [0.4, 0.5) is 0 Å². The Labute approximate surface area is 114 Å². The van der Waals surface area contributed by atoms with E-state index in [-0.39, 0.29) is 12.0 Å². The molecule has 1 aromatic heterocycles. The number of piperidine rings is 1. The standard InChI is InChI=1S/C15H22N2O2/c18-14-6-4-5-12-9-16(10-13(12)14)11-15(19)17-7-2-1-3-8-17/h9-10,14,18H,1-8,11H2. The maximum absolute atomic E-state index is 12.2. The van der Waals surface area contributed by atoms with Crippen LogP contribution in [-0.2, 0) is 17.8 Å². The van der Waals surface area contributed by atoms with E-state index >= 15 is 0 Å². The predicted octanol–water partition coefficient (Wildman–Crippen LogP) is 1.87. The number of carbonyl (C=O) groups is 1. The molecule has 1 aliphatic heterocycles. The van der Waals surface area contributed by atoms with E-state index in [0.717, 1.165) is 50.8 Å². The summed E-state index contributed by atoms with van der Waals surface area (Å²) in [6, 6.07) is 0. The number of hydrogen-bond acceptors (Lipinski definition) is 2. The summed E-state index contributed by atoms with van der Waals surface area (Å²) in [5.74, 6) is 0.210. The van der Waals surface area contributed by atoms with Gasteiger partial charge in [0.15, 0.2) is 0 Å². The van der Waals surface area contributed by atoms with E-state index in [1.807, 2.05) is 21.9 Å². The van der Waals surface area contributed by atoms with Crippen molar-refractivity contribution in [3.8, 4) is 0 Å². The highest BCUT2D eigenvalue weighted by Gasteiger charge is 2.22. The lowest BCUT2D eigenvalue weighted by molar-refractivity contribution is -0.132. The largest absolute Gasteiger partial charge is 0.388 e. The summed E-state index contributed by atoms with van der Waals surface area (Å²) >= 11 is 0. The molecule has 1 unspecified atom stereocenters. The molecule has 19 heavy (non-hydrogen) atoms. The third-order valence-electron chi connectivity index (χ3n) is 4.31. The summed E-state index contributed by atoms with van der Waals surface area (Å²) in [5, 5.41) is 9.95. The molecule has 1 aromatic rings. The summed E-state index contributed by atoms with van der Waals surface area (Å²) in [4.78, 5) is 14.2. The molecule has 1 aliphatic carbocycles. The zero-order chi connectivity index (χ0) is 13.2. The van der Waals surface area contributed by atoms with Gasteiger partial charge < -0.3 is 14.6 Å². The normalized spacial score (nSPS) is 23.2. The number of amides is 1. The van der Waals surface area contributed by atoms with Crippen LogP contribution in [0.1, 0.15) is 49.3 Å². The van der Waals surface area contributed by atoms with E-state index in [1.165, 1.54) is 12.0 Å². The number of likely N-dealkylation sites (tertiary alicyclic amines) is 1. The highest BCUT2D eigenvalue weighted by atomic mass is 16.3. The zero-order valence-corrected chi connectivity index (χ0v) is 11.3. The molecular weight excluding hydrogens is 240 g/mol. The Kier molecular flexibility index (Phi) is 3.60. The van der Waals surface area contributed by atoms with E-state index in [1.54, 1.807) is 0 Å². The van der Waals surface area contributed by atoms with Crippen LogP contribution in [0.5, 0.6) is 0 Å². The summed E-state index contributed by atoms with van der Waals surface area (Å²) in [7, 11) is 0. The van der Waals surface area contributed by atoms with Crippen LogP contribution in [0.3, 0.4) is 0 Å². The molecule has 4 heteroatoms. The maximum Gasteiger partial charge on any atom is 0.242 e. The van der Waals surface area contributed by atoms with Gasteiger partial charge in [-0.1, -0.05) is 0 Å². The monoisotopic (exact) mass is 262 g/mol. The zero-order valence-electron chi connectivity index (χ0n) is 11.3. The average Bonchev–Trinajstić information content (AvgIpc) is 2.84. The van der Waals surface area contributed by atoms with Gasteiger partial charge >= 0.3 is 0 Å². The summed E-state index contributed by atoms with van der Waals surface area (Å²) in [6.07, 6.45) is 10.1. The number of aliphatic hydroxyl groups excluding tert-OH is 1. The first-order valence-corrected chi connectivity index (χ1v) is 7.38. The van der Waals surface area contributed by atoms with Crippen molar-refractivity contribution >= 4 is 5.91 Å². The van der Waals surface area contributed by atoms with Gasteiger partial charge in [-0.15, -0.1) is 0 Å². The molecular formula is C15H22N2O2. The quantitative estimate of drug-likeness (QED) is 0.884. The Morgan fingerprint density at radius 3 is 2.74 bits per heavy atom. The number of nitrogens with zero attached hydrogens (tertiary/aromatic N) is 2. The number of hydrogen-bond donors (Lipinski definition) is 1. The van der Waals surface area contributed by atoms with Crippen molar-refractivity contribution in [2.45, 2.75) is 51.2 Å². The third-order valence-corrected chi connectivity index (χ3v) is 4.31. The highest BCUT2D eigenvalue weighted by Crippen LogP contribution is 2.30. The van der Waals surface area contributed by atoms with Gasteiger partial charge in [0.1, 0.15) is 6.54 Å². The number of aliphatic hydroxyl groups is 1. The Balaban J connectivity index is 1.68. The van der Waals surface area contributed by atoms with Gasteiger partial charge in [0.2, 0.25) is 5.91 Å². The van der Waals surface area contributed by atoms with Crippen molar-refractivity contribution in [1.82, 2.24) is 9.47 Å². The summed E-state index contributed by atoms with van der Waals surface area (Å²) in [6.45, 7) is 2.23. The molecule has 104 valence electrons. The lowest BCUT2D eigenvalue weighted by Gasteiger charge is -2.26. The van der Waals surface area contributed by atoms with Crippen LogP contribution in [0.15, 0.2) is 12.4 Å². The first kappa shape index (κ1) is 12.7. The molecule has 1 atom stereocenters. The minimum absolute atomic E-state index is 0.210. The third kappa shape index (κ3) is 2.68. The van der Waals surface area contributed by atoms with E-state index in [2.05, 4.69) is 0 Å². The van der Waals surface area contributed by atoms with Crippen LogP contribution < -0.4 is 0 Å². The van der Waals surface area contributed by atoms with E-state index in [4.69, 9.17) is 0 Å². The van der Waals surface area contributed by atoms with Crippen LogP contribution in [0, 0.1) is 0 Å². The fourth-order valence-electron chi connectivity index (χ4n) is 3.21.